The fourth-order valence-corrected chi connectivity index (χ4v) is 7.83. The molecule has 0 aliphatic carbocycles. The van der Waals surface area contributed by atoms with E-state index in [9.17, 15) is 19.5 Å². The fourth-order valence-electron chi connectivity index (χ4n) is 7.59. The Hall–Kier alpha value is -3.66. The molecular formula is C35H42ClN3O6. The van der Waals surface area contributed by atoms with Gasteiger partial charge in [-0.05, 0) is 69.5 Å². The van der Waals surface area contributed by atoms with Crippen LogP contribution in [0.5, 0.6) is 5.75 Å². The molecule has 0 saturated carbocycles. The first-order valence-corrected chi connectivity index (χ1v) is 15.9. The van der Waals surface area contributed by atoms with Crippen molar-refractivity contribution in [2.45, 2.75) is 63.3 Å². The van der Waals surface area contributed by atoms with E-state index in [0.29, 0.717) is 48.0 Å². The molecule has 6 atom stereocenters. The van der Waals surface area contributed by atoms with E-state index in [2.05, 4.69) is 13.2 Å². The lowest BCUT2D eigenvalue weighted by atomic mass is 9.66. The molecule has 1 N–H and O–H groups in total. The van der Waals surface area contributed by atoms with Crippen molar-refractivity contribution in [1.82, 2.24) is 4.90 Å². The molecule has 10 heteroatoms. The maximum absolute atomic E-state index is 14.8. The van der Waals surface area contributed by atoms with Gasteiger partial charge in [0.1, 0.15) is 17.4 Å². The summed E-state index contributed by atoms with van der Waals surface area (Å²) in [7, 11) is 0. The highest BCUT2D eigenvalue weighted by Gasteiger charge is 2.79. The monoisotopic (exact) mass is 635 g/mol. The number of hydrogen-bond donors (Lipinski definition) is 1. The van der Waals surface area contributed by atoms with E-state index in [-0.39, 0.29) is 31.5 Å². The number of aliphatic hydroxyl groups excluding tert-OH is 1. The molecule has 2 unspecified atom stereocenters. The molecule has 3 saturated heterocycles. The van der Waals surface area contributed by atoms with Gasteiger partial charge in [0.25, 0.3) is 5.91 Å². The average Bonchev–Trinajstić information content (AvgIpc) is 3.60. The number of carbonyl (C=O) groups excluding carboxylic acids is 3. The lowest BCUT2D eigenvalue weighted by molar-refractivity contribution is -0.148. The maximum atomic E-state index is 14.8. The number of nitrogens with zero attached hydrogens (tertiary/aromatic N) is 3. The van der Waals surface area contributed by atoms with E-state index in [0.717, 1.165) is 0 Å². The summed E-state index contributed by atoms with van der Waals surface area (Å²) in [4.78, 5) is 48.7. The summed E-state index contributed by atoms with van der Waals surface area (Å²) in [6.45, 7) is 13.9. The van der Waals surface area contributed by atoms with Gasteiger partial charge in [-0.15, -0.1) is 13.2 Å². The molecule has 1 spiro atoms. The zero-order valence-electron chi connectivity index (χ0n) is 26.2. The molecule has 0 radical (unpaired) electrons. The summed E-state index contributed by atoms with van der Waals surface area (Å²) in [5, 5.41) is 10.8. The van der Waals surface area contributed by atoms with Gasteiger partial charge in [0.15, 0.2) is 0 Å². The van der Waals surface area contributed by atoms with Gasteiger partial charge < -0.3 is 29.3 Å². The lowest BCUT2D eigenvalue weighted by Gasteiger charge is -2.39. The van der Waals surface area contributed by atoms with Gasteiger partial charge in [0.05, 0.1) is 47.4 Å². The van der Waals surface area contributed by atoms with E-state index in [1.54, 1.807) is 53.5 Å². The number of para-hydroxylation sites is 1. The maximum Gasteiger partial charge on any atom is 0.253 e. The van der Waals surface area contributed by atoms with Gasteiger partial charge in [0.2, 0.25) is 11.8 Å². The Morgan fingerprint density at radius 2 is 1.76 bits per heavy atom. The highest BCUT2D eigenvalue weighted by molar-refractivity contribution is 6.34. The topological polar surface area (TPSA) is 99.6 Å². The van der Waals surface area contributed by atoms with Crippen molar-refractivity contribution in [3.63, 3.8) is 0 Å². The quantitative estimate of drug-likeness (QED) is 0.311. The zero-order valence-corrected chi connectivity index (χ0v) is 26.9. The first kappa shape index (κ1) is 32.7. The second-order valence-corrected chi connectivity index (χ2v) is 12.5. The second-order valence-electron chi connectivity index (χ2n) is 12.1. The highest BCUT2D eigenvalue weighted by atomic mass is 35.5. The second kappa shape index (κ2) is 13.0. The van der Waals surface area contributed by atoms with Crippen molar-refractivity contribution in [2.24, 2.45) is 11.8 Å². The largest absolute Gasteiger partial charge is 0.494 e. The standard InChI is InChI=1S/C35H42ClN3O6/c1-6-20-37(24-14-16-25(17-15-24)44-9-4)31(41)28-29-32(42)39(23(8-3)22-40)30(35(29)19-18-34(28,5)45-35)33(43)38(21-7-2)27-13-11-10-12-26(27)36/h6-7,10-17,23,28-30,40H,1-2,8-9,18-22H2,3-5H3/t23-,28-,29-,30?,34+,35?/m0/s1. The smallest absolute Gasteiger partial charge is 0.253 e. The summed E-state index contributed by atoms with van der Waals surface area (Å²) in [5.41, 5.74) is -1.14. The molecule has 2 aromatic rings. The van der Waals surface area contributed by atoms with Gasteiger partial charge in [0, 0.05) is 18.8 Å². The third kappa shape index (κ3) is 5.34. The highest BCUT2D eigenvalue weighted by Crippen LogP contribution is 2.64. The molecule has 3 aliphatic heterocycles. The van der Waals surface area contributed by atoms with E-state index in [1.807, 2.05) is 32.9 Å². The number of ether oxygens (including phenoxy) is 2. The van der Waals surface area contributed by atoms with Crippen molar-refractivity contribution in [2.75, 3.05) is 36.1 Å². The number of benzene rings is 2. The Morgan fingerprint density at radius 3 is 2.36 bits per heavy atom. The van der Waals surface area contributed by atoms with Gasteiger partial charge in [-0.1, -0.05) is 42.8 Å². The number of amides is 3. The molecule has 2 aromatic carbocycles. The van der Waals surface area contributed by atoms with Crippen LogP contribution in [0, 0.1) is 11.8 Å². The molecule has 0 aromatic heterocycles. The Balaban J connectivity index is 1.60. The number of halogens is 1. The first-order chi connectivity index (χ1) is 21.6. The number of likely N-dealkylation sites (tertiary alicyclic amines) is 1. The summed E-state index contributed by atoms with van der Waals surface area (Å²) < 4.78 is 12.4. The van der Waals surface area contributed by atoms with E-state index in [4.69, 9.17) is 21.1 Å². The molecule has 2 bridgehead atoms. The molecule has 5 rings (SSSR count). The third-order valence-corrected chi connectivity index (χ3v) is 9.87. The summed E-state index contributed by atoms with van der Waals surface area (Å²) in [5.74, 6) is -2.14. The zero-order chi connectivity index (χ0) is 32.5. The normalized spacial score (nSPS) is 27.2. The molecule has 9 nitrogen and oxygen atoms in total. The van der Waals surface area contributed by atoms with Crippen molar-refractivity contribution in [3.05, 3.63) is 78.9 Å². The predicted octanol–water partition coefficient (Wildman–Crippen LogP) is 5.01. The van der Waals surface area contributed by atoms with Crippen LogP contribution in [0.4, 0.5) is 11.4 Å². The molecule has 3 amide bonds. The van der Waals surface area contributed by atoms with Crippen LogP contribution >= 0.6 is 11.6 Å². The van der Waals surface area contributed by atoms with E-state index >= 15 is 0 Å². The molecule has 3 heterocycles. The first-order valence-electron chi connectivity index (χ1n) is 15.6. The SMILES string of the molecule is C=CCN(C(=O)[C@@H]1[C@H]2C(=O)N([C@@H](CC)CO)C(C(=O)N(CC=C)c3ccccc3Cl)C23CC[C@@]1(C)O3)c1ccc(OCC)cc1. The molecule has 45 heavy (non-hydrogen) atoms. The van der Waals surface area contributed by atoms with Crippen LogP contribution in [0.2, 0.25) is 5.02 Å². The lowest BCUT2D eigenvalue weighted by Crippen LogP contribution is -2.59. The van der Waals surface area contributed by atoms with Crippen LogP contribution in [-0.4, -0.2) is 77.3 Å². The van der Waals surface area contributed by atoms with Crippen molar-refractivity contribution in [1.29, 1.82) is 0 Å². The van der Waals surface area contributed by atoms with Gasteiger partial charge >= 0.3 is 0 Å². The molecular weight excluding hydrogens is 594 g/mol. The number of carbonyl (C=O) groups is 3. The number of anilines is 2. The molecule has 3 aliphatic rings. The van der Waals surface area contributed by atoms with Crippen LogP contribution in [0.3, 0.4) is 0 Å². The Bertz CT molecular complexity index is 1460. The predicted molar refractivity (Wildman–Crippen MR) is 174 cm³/mol. The number of rotatable bonds is 13. The Labute approximate surface area is 270 Å². The van der Waals surface area contributed by atoms with Crippen LogP contribution in [0.25, 0.3) is 0 Å². The van der Waals surface area contributed by atoms with E-state index in [1.165, 1.54) is 9.80 Å². The van der Waals surface area contributed by atoms with Gasteiger partial charge in [-0.25, -0.2) is 0 Å². The van der Waals surface area contributed by atoms with Gasteiger partial charge in [-0.2, -0.15) is 0 Å². The number of hydrogen-bond acceptors (Lipinski definition) is 6. The minimum absolute atomic E-state index is 0.141. The number of aliphatic hydroxyl groups is 1. The van der Waals surface area contributed by atoms with Crippen molar-refractivity contribution < 1.29 is 29.0 Å². The Kier molecular flexibility index (Phi) is 9.44. The molecule has 240 valence electrons. The van der Waals surface area contributed by atoms with E-state index < -0.39 is 41.0 Å². The number of fused-ring (bicyclic) bond motifs is 1. The summed E-state index contributed by atoms with van der Waals surface area (Å²) >= 11 is 6.57. The molecule has 3 fully saturated rings. The minimum atomic E-state index is -1.27. The van der Waals surface area contributed by atoms with Gasteiger partial charge in [-0.3, -0.25) is 14.4 Å². The minimum Gasteiger partial charge on any atom is -0.494 e. The summed E-state index contributed by atoms with van der Waals surface area (Å²) in [6.07, 6.45) is 4.55. The summed E-state index contributed by atoms with van der Waals surface area (Å²) in [6, 6.07) is 12.5. The van der Waals surface area contributed by atoms with Crippen molar-refractivity contribution in [3.8, 4) is 5.75 Å². The fraction of sp³-hybridized carbons (Fsp3) is 0.457. The van der Waals surface area contributed by atoms with Crippen LogP contribution in [0.1, 0.15) is 40.0 Å². The third-order valence-electron chi connectivity index (χ3n) is 9.55. The Morgan fingerprint density at radius 1 is 1.09 bits per heavy atom. The van der Waals surface area contributed by atoms with Crippen LogP contribution < -0.4 is 14.5 Å². The van der Waals surface area contributed by atoms with Crippen LogP contribution in [-0.2, 0) is 19.1 Å². The van der Waals surface area contributed by atoms with Crippen LogP contribution in [0.15, 0.2) is 73.8 Å². The average molecular weight is 636 g/mol. The van der Waals surface area contributed by atoms with Crippen molar-refractivity contribution >= 4 is 40.7 Å².